The third-order valence-corrected chi connectivity index (χ3v) is 2.62. The van der Waals surface area contributed by atoms with Gasteiger partial charge in [0.15, 0.2) is 5.82 Å². The Labute approximate surface area is 90.2 Å². The number of thiazole rings is 1. The van der Waals surface area contributed by atoms with Crippen LogP contribution < -0.4 is 5.32 Å². The van der Waals surface area contributed by atoms with Crippen molar-refractivity contribution in [1.29, 1.82) is 0 Å². The Morgan fingerprint density at radius 3 is 2.60 bits per heavy atom. The van der Waals surface area contributed by atoms with Gasteiger partial charge in [0.25, 0.3) is 0 Å². The highest BCUT2D eigenvalue weighted by molar-refractivity contribution is 7.11. The second kappa shape index (κ2) is 4.31. The van der Waals surface area contributed by atoms with Crippen molar-refractivity contribution in [3.8, 4) is 0 Å². The van der Waals surface area contributed by atoms with Gasteiger partial charge in [0.05, 0.1) is 23.9 Å². The monoisotopic (exact) mass is 224 g/mol. The summed E-state index contributed by atoms with van der Waals surface area (Å²) in [7, 11) is 0. The Hall–Kier alpha value is -1.56. The highest BCUT2D eigenvalue weighted by Crippen LogP contribution is 2.12. The maximum Gasteiger partial charge on any atom is 0.223 e. The standard InChI is InChI=1S/C9H9FN4S/c1-6-11-4-8(15-6)5-14-9-12-2-7(10)3-13-9/h2-4H,5H2,1H3,(H,12,13,14). The molecule has 2 rings (SSSR count). The van der Waals surface area contributed by atoms with Crippen LogP contribution in [0.5, 0.6) is 0 Å². The maximum atomic E-state index is 12.5. The van der Waals surface area contributed by atoms with Crippen molar-refractivity contribution in [2.24, 2.45) is 0 Å². The van der Waals surface area contributed by atoms with Gasteiger partial charge in [-0.05, 0) is 6.92 Å². The Balaban J connectivity index is 1.96. The average molecular weight is 224 g/mol. The predicted octanol–water partition coefficient (Wildman–Crippen LogP) is 1.99. The Morgan fingerprint density at radius 2 is 2.00 bits per heavy atom. The van der Waals surface area contributed by atoms with Gasteiger partial charge in [-0.15, -0.1) is 11.3 Å². The zero-order chi connectivity index (χ0) is 10.7. The van der Waals surface area contributed by atoms with E-state index in [0.717, 1.165) is 22.3 Å². The first-order chi connectivity index (χ1) is 7.24. The van der Waals surface area contributed by atoms with Crippen molar-refractivity contribution in [2.75, 3.05) is 5.32 Å². The van der Waals surface area contributed by atoms with E-state index in [1.54, 1.807) is 17.5 Å². The number of nitrogens with zero attached hydrogens (tertiary/aromatic N) is 3. The average Bonchev–Trinajstić information content (AvgIpc) is 2.64. The van der Waals surface area contributed by atoms with Gasteiger partial charge in [-0.1, -0.05) is 0 Å². The molecule has 0 saturated carbocycles. The lowest BCUT2D eigenvalue weighted by Gasteiger charge is -2.00. The summed E-state index contributed by atoms with van der Waals surface area (Å²) in [5.74, 6) is -0.0170. The van der Waals surface area contributed by atoms with Crippen LogP contribution in [0.15, 0.2) is 18.6 Å². The minimum atomic E-state index is -0.436. The molecule has 0 atom stereocenters. The Morgan fingerprint density at radius 1 is 1.27 bits per heavy atom. The van der Waals surface area contributed by atoms with E-state index in [1.807, 2.05) is 6.92 Å². The van der Waals surface area contributed by atoms with Gasteiger partial charge in [-0.3, -0.25) is 0 Å². The number of halogens is 1. The fourth-order valence-electron chi connectivity index (χ4n) is 1.06. The molecule has 78 valence electrons. The number of hydrogen-bond acceptors (Lipinski definition) is 5. The molecule has 2 aromatic heterocycles. The van der Waals surface area contributed by atoms with Crippen molar-refractivity contribution in [2.45, 2.75) is 13.5 Å². The third-order valence-electron chi connectivity index (χ3n) is 1.71. The van der Waals surface area contributed by atoms with Crippen molar-refractivity contribution >= 4 is 17.3 Å². The first kappa shape index (κ1) is 9.97. The lowest BCUT2D eigenvalue weighted by Crippen LogP contribution is -2.02. The van der Waals surface area contributed by atoms with E-state index in [4.69, 9.17) is 0 Å². The molecule has 0 aliphatic carbocycles. The van der Waals surface area contributed by atoms with Crippen LogP contribution in [0.1, 0.15) is 9.88 Å². The van der Waals surface area contributed by atoms with Gasteiger partial charge < -0.3 is 5.32 Å². The SMILES string of the molecule is Cc1ncc(CNc2ncc(F)cn2)s1. The highest BCUT2D eigenvalue weighted by Gasteiger charge is 1.99. The van der Waals surface area contributed by atoms with E-state index in [0.29, 0.717) is 12.5 Å². The molecule has 0 unspecified atom stereocenters. The molecule has 0 aliphatic heterocycles. The number of aromatic nitrogens is 3. The molecule has 2 heterocycles. The third kappa shape index (κ3) is 2.69. The van der Waals surface area contributed by atoms with E-state index < -0.39 is 5.82 Å². The van der Waals surface area contributed by atoms with Crippen LogP contribution in [0.2, 0.25) is 0 Å². The van der Waals surface area contributed by atoms with Crippen LogP contribution in [0.25, 0.3) is 0 Å². The molecular formula is C9H9FN4S. The van der Waals surface area contributed by atoms with Crippen molar-refractivity contribution < 1.29 is 4.39 Å². The van der Waals surface area contributed by atoms with Crippen molar-refractivity contribution in [3.63, 3.8) is 0 Å². The van der Waals surface area contributed by atoms with Crippen LogP contribution in [0, 0.1) is 12.7 Å². The summed E-state index contributed by atoms with van der Waals surface area (Å²) >= 11 is 1.61. The summed E-state index contributed by atoms with van der Waals surface area (Å²) in [4.78, 5) is 12.8. The molecule has 15 heavy (non-hydrogen) atoms. The number of hydrogen-bond donors (Lipinski definition) is 1. The minimum absolute atomic E-state index is 0.419. The topological polar surface area (TPSA) is 50.7 Å². The molecule has 6 heteroatoms. The molecule has 1 N–H and O–H groups in total. The van der Waals surface area contributed by atoms with Gasteiger partial charge in [0.2, 0.25) is 5.95 Å². The molecule has 0 spiro atoms. The minimum Gasteiger partial charge on any atom is -0.349 e. The zero-order valence-electron chi connectivity index (χ0n) is 8.07. The van der Waals surface area contributed by atoms with E-state index in [1.165, 1.54) is 0 Å². The predicted molar refractivity (Wildman–Crippen MR) is 56.2 cm³/mol. The molecule has 0 fully saturated rings. The molecule has 4 nitrogen and oxygen atoms in total. The van der Waals surface area contributed by atoms with Gasteiger partial charge >= 0.3 is 0 Å². The van der Waals surface area contributed by atoms with Gasteiger partial charge in [0.1, 0.15) is 0 Å². The van der Waals surface area contributed by atoms with E-state index in [9.17, 15) is 4.39 Å². The zero-order valence-corrected chi connectivity index (χ0v) is 8.88. The molecule has 0 aliphatic rings. The molecule has 0 aromatic carbocycles. The molecule has 2 aromatic rings. The second-order valence-electron chi connectivity index (χ2n) is 2.92. The summed E-state index contributed by atoms with van der Waals surface area (Å²) in [5.41, 5.74) is 0. The van der Waals surface area contributed by atoms with Crippen molar-refractivity contribution in [1.82, 2.24) is 15.0 Å². The number of aryl methyl sites for hydroxylation is 1. The number of rotatable bonds is 3. The molecule has 0 radical (unpaired) electrons. The summed E-state index contributed by atoms with van der Waals surface area (Å²) in [6.07, 6.45) is 4.07. The maximum absolute atomic E-state index is 12.5. The highest BCUT2D eigenvalue weighted by atomic mass is 32.1. The lowest BCUT2D eigenvalue weighted by atomic mass is 10.5. The van der Waals surface area contributed by atoms with Gasteiger partial charge in [-0.2, -0.15) is 0 Å². The summed E-state index contributed by atoms with van der Waals surface area (Å²) < 4.78 is 12.5. The van der Waals surface area contributed by atoms with Gasteiger partial charge in [-0.25, -0.2) is 19.3 Å². The summed E-state index contributed by atoms with van der Waals surface area (Å²) in [6.45, 7) is 2.56. The number of anilines is 1. The fraction of sp³-hybridized carbons (Fsp3) is 0.222. The van der Waals surface area contributed by atoms with E-state index in [2.05, 4.69) is 20.3 Å². The first-order valence-corrected chi connectivity index (χ1v) is 5.18. The van der Waals surface area contributed by atoms with Crippen LogP contribution in [-0.2, 0) is 6.54 Å². The molecular weight excluding hydrogens is 215 g/mol. The van der Waals surface area contributed by atoms with Crippen molar-refractivity contribution in [3.05, 3.63) is 34.3 Å². The summed E-state index contributed by atoms with van der Waals surface area (Å²) in [6, 6.07) is 0. The van der Waals surface area contributed by atoms with Crippen LogP contribution >= 0.6 is 11.3 Å². The van der Waals surface area contributed by atoms with Gasteiger partial charge in [0, 0.05) is 11.1 Å². The molecule has 0 amide bonds. The van der Waals surface area contributed by atoms with Crippen LogP contribution in [-0.4, -0.2) is 15.0 Å². The van der Waals surface area contributed by atoms with E-state index in [-0.39, 0.29) is 0 Å². The molecule has 0 bridgehead atoms. The Bertz CT molecular complexity index is 440. The first-order valence-electron chi connectivity index (χ1n) is 4.37. The largest absolute Gasteiger partial charge is 0.349 e. The smallest absolute Gasteiger partial charge is 0.223 e. The molecule has 0 saturated heterocycles. The quantitative estimate of drug-likeness (QED) is 0.866. The fourth-order valence-corrected chi connectivity index (χ4v) is 1.79. The summed E-state index contributed by atoms with van der Waals surface area (Å²) in [5, 5.41) is 4.00. The van der Waals surface area contributed by atoms with Crippen LogP contribution in [0.3, 0.4) is 0 Å². The van der Waals surface area contributed by atoms with Crippen LogP contribution in [0.4, 0.5) is 10.3 Å². The normalized spacial score (nSPS) is 10.3. The Kier molecular flexibility index (Phi) is 2.86. The lowest BCUT2D eigenvalue weighted by molar-refractivity contribution is 0.614. The second-order valence-corrected chi connectivity index (χ2v) is 4.24. The number of nitrogens with one attached hydrogen (secondary N) is 1. The van der Waals surface area contributed by atoms with E-state index >= 15 is 0 Å².